The van der Waals surface area contributed by atoms with Gasteiger partial charge in [0.05, 0.1) is 17.4 Å². The lowest BCUT2D eigenvalue weighted by molar-refractivity contribution is -0.159. The smallest absolute Gasteiger partial charge is 0.310 e. The molecule has 0 bridgehead atoms. The normalized spacial score (nSPS) is 19.8. The lowest BCUT2D eigenvalue weighted by Crippen LogP contribution is -2.37. The van der Waals surface area contributed by atoms with E-state index < -0.39 is 21.5 Å². The molecule has 1 aliphatic heterocycles. The highest BCUT2D eigenvalue weighted by atomic mass is 32.2. The van der Waals surface area contributed by atoms with E-state index in [1.807, 2.05) is 58.0 Å². The van der Waals surface area contributed by atoms with Crippen molar-refractivity contribution in [1.82, 2.24) is 4.31 Å². The number of benzene rings is 2. The fraction of sp³-hybridized carbons (Fsp3) is 0.480. The number of hydrogen-bond acceptors (Lipinski definition) is 5. The Morgan fingerprint density at radius 1 is 1.06 bits per heavy atom. The summed E-state index contributed by atoms with van der Waals surface area (Å²) in [7, 11) is -3.73. The number of esters is 1. The zero-order valence-corrected chi connectivity index (χ0v) is 20.1. The van der Waals surface area contributed by atoms with Gasteiger partial charge in [-0.15, -0.1) is 0 Å². The van der Waals surface area contributed by atoms with Crippen LogP contribution in [0.1, 0.15) is 44.7 Å². The van der Waals surface area contributed by atoms with E-state index in [4.69, 9.17) is 9.47 Å². The van der Waals surface area contributed by atoms with Gasteiger partial charge in [-0.3, -0.25) is 4.79 Å². The summed E-state index contributed by atoms with van der Waals surface area (Å²) >= 11 is 0. The first-order valence-electron chi connectivity index (χ1n) is 11.0. The van der Waals surface area contributed by atoms with Gasteiger partial charge in [0.15, 0.2) is 0 Å². The fourth-order valence-electron chi connectivity index (χ4n) is 3.83. The van der Waals surface area contributed by atoms with Crippen LogP contribution < -0.4 is 0 Å². The highest BCUT2D eigenvalue weighted by Gasteiger charge is 2.43. The predicted octanol–water partition coefficient (Wildman–Crippen LogP) is 4.32. The molecule has 3 rings (SSSR count). The van der Waals surface area contributed by atoms with Gasteiger partial charge in [-0.1, -0.05) is 48.0 Å². The largest absolute Gasteiger partial charge is 0.460 e. The van der Waals surface area contributed by atoms with Crippen molar-refractivity contribution in [3.8, 4) is 0 Å². The number of carbonyl (C=O) groups is 1. The number of aryl methyl sites for hydroxylation is 1. The Kier molecular flexibility index (Phi) is 7.75. The molecule has 7 heteroatoms. The molecule has 1 saturated heterocycles. The summed E-state index contributed by atoms with van der Waals surface area (Å²) in [6.07, 6.45) is 0.936. The molecule has 2 atom stereocenters. The van der Waals surface area contributed by atoms with Gasteiger partial charge in [-0.2, -0.15) is 4.31 Å². The van der Waals surface area contributed by atoms with Crippen molar-refractivity contribution in [1.29, 1.82) is 0 Å². The molecule has 0 radical (unpaired) electrons. The molecule has 0 saturated carbocycles. The van der Waals surface area contributed by atoms with Crippen molar-refractivity contribution >= 4 is 16.0 Å². The Labute approximate surface area is 191 Å². The minimum Gasteiger partial charge on any atom is -0.460 e. The third kappa shape index (κ3) is 6.40. The molecule has 6 nitrogen and oxygen atoms in total. The van der Waals surface area contributed by atoms with Crippen molar-refractivity contribution in [2.45, 2.75) is 63.7 Å². The molecule has 0 spiro atoms. The Balaban J connectivity index is 1.72. The molecular weight excluding hydrogens is 426 g/mol. The number of carbonyl (C=O) groups excluding carboxylic acids is 1. The first kappa shape index (κ1) is 24.4. The summed E-state index contributed by atoms with van der Waals surface area (Å²) in [5.41, 5.74) is 1.44. The maximum absolute atomic E-state index is 13.4. The van der Waals surface area contributed by atoms with Gasteiger partial charge < -0.3 is 9.47 Å². The second kappa shape index (κ2) is 10.1. The molecule has 0 N–H and O–H groups in total. The second-order valence-corrected chi connectivity index (χ2v) is 11.2. The van der Waals surface area contributed by atoms with Crippen molar-refractivity contribution in [2.75, 3.05) is 13.2 Å². The zero-order valence-electron chi connectivity index (χ0n) is 19.3. The average Bonchev–Trinajstić information content (AvgIpc) is 3.16. The van der Waals surface area contributed by atoms with E-state index in [1.54, 1.807) is 24.3 Å². The lowest BCUT2D eigenvalue weighted by atomic mass is 10.0. The Bertz CT molecular complexity index is 997. The lowest BCUT2D eigenvalue weighted by Gasteiger charge is -2.24. The predicted molar refractivity (Wildman–Crippen MR) is 124 cm³/mol. The number of ether oxygens (including phenoxy) is 2. The average molecular weight is 460 g/mol. The maximum Gasteiger partial charge on any atom is 0.310 e. The van der Waals surface area contributed by atoms with Gasteiger partial charge in [-0.25, -0.2) is 8.42 Å². The molecule has 0 amide bonds. The molecule has 0 aromatic heterocycles. The third-order valence-electron chi connectivity index (χ3n) is 5.44. The summed E-state index contributed by atoms with van der Waals surface area (Å²) in [6.45, 7) is 8.35. The van der Waals surface area contributed by atoms with Crippen molar-refractivity contribution in [3.63, 3.8) is 0 Å². The first-order valence-corrected chi connectivity index (χ1v) is 12.4. The fourth-order valence-corrected chi connectivity index (χ4v) is 5.54. The van der Waals surface area contributed by atoms with Gasteiger partial charge in [-0.05, 0) is 58.2 Å². The van der Waals surface area contributed by atoms with E-state index in [0.717, 1.165) is 11.1 Å². The molecule has 174 valence electrons. The van der Waals surface area contributed by atoms with E-state index in [0.29, 0.717) is 26.1 Å². The van der Waals surface area contributed by atoms with E-state index in [1.165, 1.54) is 4.31 Å². The van der Waals surface area contributed by atoms with Crippen LogP contribution in [0.5, 0.6) is 0 Å². The van der Waals surface area contributed by atoms with Gasteiger partial charge in [0.25, 0.3) is 0 Å². The number of hydrogen-bond donors (Lipinski definition) is 0. The van der Waals surface area contributed by atoms with Crippen LogP contribution in [-0.4, -0.2) is 43.5 Å². The Morgan fingerprint density at radius 2 is 1.72 bits per heavy atom. The molecule has 1 aliphatic rings. The molecule has 0 aliphatic carbocycles. The molecule has 2 aromatic rings. The van der Waals surface area contributed by atoms with Crippen LogP contribution in [0.4, 0.5) is 0 Å². The minimum absolute atomic E-state index is 0.120. The van der Waals surface area contributed by atoms with Crippen LogP contribution >= 0.6 is 0 Å². The molecule has 1 fully saturated rings. The summed E-state index contributed by atoms with van der Waals surface area (Å²) in [5, 5.41) is 0. The van der Waals surface area contributed by atoms with Gasteiger partial charge in [0, 0.05) is 19.2 Å². The highest BCUT2D eigenvalue weighted by molar-refractivity contribution is 7.89. The first-order chi connectivity index (χ1) is 15.1. The molecule has 0 unspecified atom stereocenters. The van der Waals surface area contributed by atoms with Crippen molar-refractivity contribution < 1.29 is 22.7 Å². The number of rotatable bonds is 8. The van der Waals surface area contributed by atoms with E-state index >= 15 is 0 Å². The van der Waals surface area contributed by atoms with Gasteiger partial charge in [0.2, 0.25) is 10.0 Å². The monoisotopic (exact) mass is 459 g/mol. The third-order valence-corrected chi connectivity index (χ3v) is 7.37. The second-order valence-electron chi connectivity index (χ2n) is 9.33. The van der Waals surface area contributed by atoms with Crippen LogP contribution in [0, 0.1) is 12.8 Å². The topological polar surface area (TPSA) is 72.9 Å². The summed E-state index contributed by atoms with van der Waals surface area (Å²) in [4.78, 5) is 12.9. The van der Waals surface area contributed by atoms with Crippen molar-refractivity contribution in [2.24, 2.45) is 5.92 Å². The van der Waals surface area contributed by atoms with Crippen LogP contribution in [0.3, 0.4) is 0 Å². The quantitative estimate of drug-likeness (QED) is 0.434. The number of nitrogens with zero attached hydrogens (tertiary/aromatic N) is 1. The van der Waals surface area contributed by atoms with E-state index in [9.17, 15) is 13.2 Å². The number of sulfonamides is 1. The van der Waals surface area contributed by atoms with Crippen LogP contribution in [-0.2, 0) is 30.9 Å². The molecule has 32 heavy (non-hydrogen) atoms. The standard InChI is InChI=1S/C25H33NO5S/c1-19-10-12-23(13-11-19)32(28,29)26-17-21(24(27)31-25(2,3)4)16-22(26)14-15-30-18-20-8-6-5-7-9-20/h5-13,21-22H,14-18H2,1-4H3/t21-,22+/m0/s1. The minimum atomic E-state index is -3.73. The summed E-state index contributed by atoms with van der Waals surface area (Å²) in [5.74, 6) is -0.845. The van der Waals surface area contributed by atoms with E-state index in [-0.39, 0.29) is 23.5 Å². The van der Waals surface area contributed by atoms with Gasteiger partial charge in [0.1, 0.15) is 5.60 Å². The van der Waals surface area contributed by atoms with Crippen molar-refractivity contribution in [3.05, 3.63) is 65.7 Å². The Hall–Kier alpha value is -2.22. The van der Waals surface area contributed by atoms with Crippen LogP contribution in [0.15, 0.2) is 59.5 Å². The SMILES string of the molecule is Cc1ccc(S(=O)(=O)N2C[C@@H](C(=O)OC(C)(C)C)C[C@H]2CCOCc2ccccc2)cc1. The zero-order chi connectivity index (χ0) is 23.4. The molecule has 1 heterocycles. The maximum atomic E-state index is 13.4. The Morgan fingerprint density at radius 3 is 2.34 bits per heavy atom. The summed E-state index contributed by atoms with van der Waals surface area (Å²) in [6, 6.07) is 16.3. The van der Waals surface area contributed by atoms with Crippen LogP contribution in [0.2, 0.25) is 0 Å². The van der Waals surface area contributed by atoms with Crippen LogP contribution in [0.25, 0.3) is 0 Å². The highest BCUT2D eigenvalue weighted by Crippen LogP contribution is 2.33. The van der Waals surface area contributed by atoms with E-state index in [2.05, 4.69) is 0 Å². The summed E-state index contributed by atoms with van der Waals surface area (Å²) < 4.78 is 39.6. The molecular formula is C25H33NO5S. The van der Waals surface area contributed by atoms with Gasteiger partial charge >= 0.3 is 5.97 Å². The molecule has 2 aromatic carbocycles.